The second-order valence-corrected chi connectivity index (χ2v) is 8.05. The van der Waals surface area contributed by atoms with Crippen LogP contribution in [0.2, 0.25) is 5.02 Å². The number of nitrogens with one attached hydrogen (secondary N) is 2. The summed E-state index contributed by atoms with van der Waals surface area (Å²) >= 11 is 11.3. The SMILES string of the molecule is CCCOc1cccc(C(=O)NC(=S)Nc2ccc3oc(-c4cc(F)c(F)cc4Cl)nc3c2)c1. The summed E-state index contributed by atoms with van der Waals surface area (Å²) in [5, 5.41) is 5.57. The molecular weight excluding hydrogens is 484 g/mol. The lowest BCUT2D eigenvalue weighted by Gasteiger charge is -2.10. The number of carbonyl (C=O) groups is 1. The predicted molar refractivity (Wildman–Crippen MR) is 130 cm³/mol. The number of hydrogen-bond donors (Lipinski definition) is 2. The molecule has 4 rings (SSSR count). The molecule has 0 saturated heterocycles. The molecule has 1 amide bonds. The highest BCUT2D eigenvalue weighted by Gasteiger charge is 2.16. The first-order chi connectivity index (χ1) is 16.3. The summed E-state index contributed by atoms with van der Waals surface area (Å²) in [6.45, 7) is 2.55. The Balaban J connectivity index is 1.47. The summed E-state index contributed by atoms with van der Waals surface area (Å²) in [4.78, 5) is 16.8. The fraction of sp³-hybridized carbons (Fsp3) is 0.125. The van der Waals surface area contributed by atoms with E-state index < -0.39 is 17.5 Å². The van der Waals surface area contributed by atoms with Crippen LogP contribution in [-0.4, -0.2) is 22.6 Å². The van der Waals surface area contributed by atoms with Gasteiger partial charge in [-0.05, 0) is 67.2 Å². The Morgan fingerprint density at radius 2 is 1.94 bits per heavy atom. The maximum Gasteiger partial charge on any atom is 0.257 e. The summed E-state index contributed by atoms with van der Waals surface area (Å²) in [5.41, 5.74) is 1.89. The van der Waals surface area contributed by atoms with Crippen molar-refractivity contribution >= 4 is 51.6 Å². The molecule has 0 radical (unpaired) electrons. The number of thiocarbonyl (C=S) groups is 1. The predicted octanol–water partition coefficient (Wildman–Crippen LogP) is 6.34. The molecule has 0 saturated carbocycles. The number of ether oxygens (including phenoxy) is 1. The minimum Gasteiger partial charge on any atom is -0.494 e. The smallest absolute Gasteiger partial charge is 0.257 e. The number of nitrogens with zero attached hydrogens (tertiary/aromatic N) is 1. The lowest BCUT2D eigenvalue weighted by molar-refractivity contribution is 0.0977. The molecule has 1 heterocycles. The molecule has 0 atom stereocenters. The van der Waals surface area contributed by atoms with Crippen molar-refractivity contribution in [3.05, 3.63) is 76.8 Å². The number of oxazole rings is 1. The summed E-state index contributed by atoms with van der Waals surface area (Å²) in [6.07, 6.45) is 0.857. The average Bonchev–Trinajstić information content (AvgIpc) is 3.23. The molecule has 1 aromatic heterocycles. The maximum atomic E-state index is 13.6. The van der Waals surface area contributed by atoms with E-state index in [-0.39, 0.29) is 21.6 Å². The molecule has 0 aliphatic carbocycles. The third-order valence-corrected chi connectivity index (χ3v) is 5.20. The van der Waals surface area contributed by atoms with Gasteiger partial charge in [-0.3, -0.25) is 10.1 Å². The molecule has 4 aromatic rings. The fourth-order valence-electron chi connectivity index (χ4n) is 3.09. The Morgan fingerprint density at radius 1 is 1.15 bits per heavy atom. The molecule has 0 spiro atoms. The van der Waals surface area contributed by atoms with Crippen molar-refractivity contribution in [1.82, 2.24) is 10.3 Å². The number of rotatable bonds is 6. The number of halogens is 3. The van der Waals surface area contributed by atoms with E-state index in [2.05, 4.69) is 15.6 Å². The van der Waals surface area contributed by atoms with Crippen molar-refractivity contribution in [3.8, 4) is 17.2 Å². The number of carbonyl (C=O) groups excluding carboxylic acids is 1. The van der Waals surface area contributed by atoms with Crippen LogP contribution in [0.5, 0.6) is 5.75 Å². The Labute approximate surface area is 203 Å². The Bertz CT molecular complexity index is 1390. The first kappa shape index (κ1) is 23.6. The highest BCUT2D eigenvalue weighted by Crippen LogP contribution is 2.32. The van der Waals surface area contributed by atoms with Gasteiger partial charge in [0.05, 0.1) is 17.2 Å². The van der Waals surface area contributed by atoms with E-state index in [1.165, 1.54) is 0 Å². The monoisotopic (exact) mass is 501 g/mol. The zero-order valence-electron chi connectivity index (χ0n) is 17.8. The van der Waals surface area contributed by atoms with E-state index in [0.29, 0.717) is 34.7 Å². The van der Waals surface area contributed by atoms with Crippen molar-refractivity contribution in [1.29, 1.82) is 0 Å². The van der Waals surface area contributed by atoms with E-state index in [0.717, 1.165) is 18.6 Å². The van der Waals surface area contributed by atoms with Crippen LogP contribution in [0.15, 0.2) is 59.0 Å². The van der Waals surface area contributed by atoms with Crippen LogP contribution in [0.3, 0.4) is 0 Å². The summed E-state index contributed by atoms with van der Waals surface area (Å²) < 4.78 is 38.2. The van der Waals surface area contributed by atoms with Gasteiger partial charge in [0.2, 0.25) is 5.89 Å². The van der Waals surface area contributed by atoms with Crippen LogP contribution < -0.4 is 15.4 Å². The maximum absolute atomic E-state index is 13.6. The van der Waals surface area contributed by atoms with E-state index in [9.17, 15) is 13.6 Å². The van der Waals surface area contributed by atoms with Crippen molar-refractivity contribution < 1.29 is 22.7 Å². The minimum absolute atomic E-state index is 0.0307. The molecule has 0 fully saturated rings. The average molecular weight is 502 g/mol. The summed E-state index contributed by atoms with van der Waals surface area (Å²) in [7, 11) is 0. The van der Waals surface area contributed by atoms with Crippen molar-refractivity contribution in [3.63, 3.8) is 0 Å². The topological polar surface area (TPSA) is 76.4 Å². The van der Waals surface area contributed by atoms with Crippen LogP contribution in [0.25, 0.3) is 22.6 Å². The molecule has 0 bridgehead atoms. The van der Waals surface area contributed by atoms with Crippen LogP contribution in [0.4, 0.5) is 14.5 Å². The molecule has 174 valence electrons. The first-order valence-corrected chi connectivity index (χ1v) is 11.0. The van der Waals surface area contributed by atoms with Gasteiger partial charge in [-0.2, -0.15) is 0 Å². The van der Waals surface area contributed by atoms with E-state index >= 15 is 0 Å². The summed E-state index contributed by atoms with van der Waals surface area (Å²) in [6, 6.07) is 13.5. The summed E-state index contributed by atoms with van der Waals surface area (Å²) in [5.74, 6) is -1.88. The Morgan fingerprint density at radius 3 is 2.74 bits per heavy atom. The van der Waals surface area contributed by atoms with Crippen LogP contribution in [0, 0.1) is 11.6 Å². The molecule has 34 heavy (non-hydrogen) atoms. The van der Waals surface area contributed by atoms with Gasteiger partial charge in [0.1, 0.15) is 11.3 Å². The Hall–Kier alpha value is -3.56. The lowest BCUT2D eigenvalue weighted by Crippen LogP contribution is -2.34. The van der Waals surface area contributed by atoms with E-state index in [1.807, 2.05) is 6.92 Å². The van der Waals surface area contributed by atoms with E-state index in [1.54, 1.807) is 42.5 Å². The number of anilines is 1. The molecule has 0 aliphatic rings. The number of aromatic nitrogens is 1. The zero-order chi connectivity index (χ0) is 24.2. The van der Waals surface area contributed by atoms with Gasteiger partial charge < -0.3 is 14.5 Å². The fourth-order valence-corrected chi connectivity index (χ4v) is 3.53. The van der Waals surface area contributed by atoms with Gasteiger partial charge in [0.25, 0.3) is 5.91 Å². The van der Waals surface area contributed by atoms with Crippen molar-refractivity contribution in [2.45, 2.75) is 13.3 Å². The van der Waals surface area contributed by atoms with Crippen LogP contribution in [-0.2, 0) is 0 Å². The molecule has 0 aliphatic heterocycles. The van der Waals surface area contributed by atoms with E-state index in [4.69, 9.17) is 33.0 Å². The largest absolute Gasteiger partial charge is 0.494 e. The van der Waals surface area contributed by atoms with Crippen LogP contribution >= 0.6 is 23.8 Å². The second-order valence-electron chi connectivity index (χ2n) is 7.23. The quantitative estimate of drug-likeness (QED) is 0.237. The minimum atomic E-state index is -1.06. The second kappa shape index (κ2) is 10.1. The van der Waals surface area contributed by atoms with Crippen molar-refractivity contribution in [2.75, 3.05) is 11.9 Å². The first-order valence-electron chi connectivity index (χ1n) is 10.2. The number of amides is 1. The van der Waals surface area contributed by atoms with Gasteiger partial charge in [0.15, 0.2) is 22.3 Å². The van der Waals surface area contributed by atoms with Gasteiger partial charge in [0, 0.05) is 11.3 Å². The van der Waals surface area contributed by atoms with Crippen LogP contribution in [0.1, 0.15) is 23.7 Å². The lowest BCUT2D eigenvalue weighted by atomic mass is 10.2. The Kier molecular flexibility index (Phi) is 7.04. The van der Waals surface area contributed by atoms with Crippen molar-refractivity contribution in [2.24, 2.45) is 0 Å². The van der Waals surface area contributed by atoms with Gasteiger partial charge in [-0.1, -0.05) is 24.6 Å². The third-order valence-electron chi connectivity index (χ3n) is 4.68. The van der Waals surface area contributed by atoms with Gasteiger partial charge >= 0.3 is 0 Å². The highest BCUT2D eigenvalue weighted by molar-refractivity contribution is 7.80. The van der Waals surface area contributed by atoms with Gasteiger partial charge in [-0.15, -0.1) is 0 Å². The third kappa shape index (κ3) is 5.32. The molecule has 0 unspecified atom stereocenters. The molecule has 6 nitrogen and oxygen atoms in total. The molecular formula is C24H18ClF2N3O3S. The highest BCUT2D eigenvalue weighted by atomic mass is 35.5. The standard InChI is InChI=1S/C24H18ClF2N3O3S/c1-2-8-32-15-5-3-4-13(9-15)22(31)30-24(34)28-14-6-7-21-20(10-14)29-23(33-21)16-11-18(26)19(27)12-17(16)25/h3-7,9-12H,2,8H2,1H3,(H2,28,30,31,34). The number of benzene rings is 3. The molecule has 2 N–H and O–H groups in total. The van der Waals surface area contributed by atoms with Gasteiger partial charge in [-0.25, -0.2) is 13.8 Å². The molecule has 3 aromatic carbocycles. The normalized spacial score (nSPS) is 10.8. The zero-order valence-corrected chi connectivity index (χ0v) is 19.4. The molecule has 10 heteroatoms. The number of fused-ring (bicyclic) bond motifs is 1. The number of hydrogen-bond acceptors (Lipinski definition) is 5.